The monoisotopic (exact) mass is 328 g/mol. The summed E-state index contributed by atoms with van der Waals surface area (Å²) in [6.07, 6.45) is 7.70. The highest BCUT2D eigenvalue weighted by atomic mass is 16.5. The van der Waals surface area contributed by atoms with Crippen LogP contribution in [0.2, 0.25) is 0 Å². The van der Waals surface area contributed by atoms with Crippen molar-refractivity contribution < 1.29 is 14.3 Å². The smallest absolute Gasteiger partial charge is 0.245 e. The third kappa shape index (κ3) is 4.51. The number of carbonyl (C=O) groups excluding carboxylic acids is 1. The summed E-state index contributed by atoms with van der Waals surface area (Å²) in [7, 11) is 1.58. The van der Waals surface area contributed by atoms with Crippen molar-refractivity contribution in [3.05, 3.63) is 29.8 Å². The van der Waals surface area contributed by atoms with Crippen LogP contribution in [0.3, 0.4) is 0 Å². The van der Waals surface area contributed by atoms with E-state index < -0.39 is 5.54 Å². The van der Waals surface area contributed by atoms with Gasteiger partial charge in [-0.1, -0.05) is 25.3 Å². The lowest BCUT2D eigenvalue weighted by molar-refractivity contribution is -0.118. The Kier molecular flexibility index (Phi) is 6.25. The summed E-state index contributed by atoms with van der Waals surface area (Å²) in [5, 5.41) is 12.3. The molecular weight excluding hydrogens is 304 g/mol. The van der Waals surface area contributed by atoms with Crippen LogP contribution in [0.1, 0.15) is 44.6 Å². The van der Waals surface area contributed by atoms with Gasteiger partial charge in [-0.05, 0) is 43.5 Å². The van der Waals surface area contributed by atoms with Gasteiger partial charge in [-0.25, -0.2) is 0 Å². The predicted molar refractivity (Wildman–Crippen MR) is 92.8 cm³/mol. The largest absolute Gasteiger partial charge is 0.493 e. The highest BCUT2D eigenvalue weighted by Crippen LogP contribution is 2.29. The van der Waals surface area contributed by atoms with E-state index in [9.17, 15) is 10.1 Å². The lowest BCUT2D eigenvalue weighted by Crippen LogP contribution is -2.48. The number of amides is 1. The lowest BCUT2D eigenvalue weighted by atomic mass is 9.83. The van der Waals surface area contributed by atoms with E-state index in [1.165, 1.54) is 6.08 Å². The molecule has 0 atom stereocenters. The highest BCUT2D eigenvalue weighted by Gasteiger charge is 2.32. The van der Waals surface area contributed by atoms with Gasteiger partial charge in [0.15, 0.2) is 11.5 Å². The number of carbonyl (C=O) groups is 1. The molecule has 0 bridgehead atoms. The van der Waals surface area contributed by atoms with Crippen molar-refractivity contribution in [2.45, 2.75) is 44.6 Å². The van der Waals surface area contributed by atoms with E-state index in [-0.39, 0.29) is 5.91 Å². The number of nitrogens with zero attached hydrogens (tertiary/aromatic N) is 1. The number of hydrogen-bond acceptors (Lipinski definition) is 4. The molecule has 1 amide bonds. The van der Waals surface area contributed by atoms with Gasteiger partial charge in [-0.15, -0.1) is 0 Å². The number of nitrogens with one attached hydrogen (secondary N) is 1. The maximum Gasteiger partial charge on any atom is 0.245 e. The Bertz CT molecular complexity index is 641. The fourth-order valence-corrected chi connectivity index (χ4v) is 2.93. The fourth-order valence-electron chi connectivity index (χ4n) is 2.93. The first-order chi connectivity index (χ1) is 11.6. The van der Waals surface area contributed by atoms with Gasteiger partial charge in [0.25, 0.3) is 0 Å². The molecule has 24 heavy (non-hydrogen) atoms. The molecule has 1 aliphatic rings. The van der Waals surface area contributed by atoms with Gasteiger partial charge in [0.2, 0.25) is 5.91 Å². The van der Waals surface area contributed by atoms with E-state index in [0.717, 1.165) is 37.7 Å². The Morgan fingerprint density at radius 3 is 2.71 bits per heavy atom. The van der Waals surface area contributed by atoms with Gasteiger partial charge < -0.3 is 14.8 Å². The highest BCUT2D eigenvalue weighted by molar-refractivity contribution is 5.92. The molecule has 0 spiro atoms. The molecule has 1 fully saturated rings. The van der Waals surface area contributed by atoms with Crippen LogP contribution >= 0.6 is 0 Å². The van der Waals surface area contributed by atoms with Crippen molar-refractivity contribution in [2.75, 3.05) is 13.7 Å². The van der Waals surface area contributed by atoms with Crippen molar-refractivity contribution in [1.82, 2.24) is 5.32 Å². The zero-order valence-corrected chi connectivity index (χ0v) is 14.3. The molecule has 0 unspecified atom stereocenters. The van der Waals surface area contributed by atoms with Crippen molar-refractivity contribution in [1.29, 1.82) is 5.26 Å². The third-order valence-electron chi connectivity index (χ3n) is 4.20. The summed E-state index contributed by atoms with van der Waals surface area (Å²) < 4.78 is 10.8. The van der Waals surface area contributed by atoms with Gasteiger partial charge in [-0.3, -0.25) is 4.79 Å². The van der Waals surface area contributed by atoms with Gasteiger partial charge >= 0.3 is 0 Å². The minimum Gasteiger partial charge on any atom is -0.493 e. The standard InChI is InChI=1S/C19H24N2O3/c1-3-24-16-9-7-15(13-17(16)23-2)8-10-18(22)21-19(14-20)11-5-4-6-12-19/h7-10,13H,3-6,11-12H2,1-2H3,(H,21,22)/b10-8+. The Morgan fingerprint density at radius 1 is 1.33 bits per heavy atom. The molecule has 0 heterocycles. The summed E-state index contributed by atoms with van der Waals surface area (Å²) in [5.74, 6) is 1.05. The third-order valence-corrected chi connectivity index (χ3v) is 4.20. The van der Waals surface area contributed by atoms with Crippen molar-refractivity contribution >= 4 is 12.0 Å². The molecule has 1 aromatic rings. The summed E-state index contributed by atoms with van der Waals surface area (Å²) in [6.45, 7) is 2.47. The van der Waals surface area contributed by atoms with Crippen LogP contribution in [0.5, 0.6) is 11.5 Å². The normalized spacial score (nSPS) is 16.4. The van der Waals surface area contributed by atoms with Gasteiger partial charge in [0.1, 0.15) is 5.54 Å². The molecule has 5 heteroatoms. The van der Waals surface area contributed by atoms with Gasteiger partial charge in [-0.2, -0.15) is 5.26 Å². The zero-order chi connectivity index (χ0) is 17.4. The number of rotatable bonds is 6. The first kappa shape index (κ1) is 17.9. The Hall–Kier alpha value is -2.48. The Labute approximate surface area is 143 Å². The number of benzene rings is 1. The van der Waals surface area contributed by atoms with Crippen LogP contribution in [-0.2, 0) is 4.79 Å². The lowest BCUT2D eigenvalue weighted by Gasteiger charge is -2.31. The number of hydrogen-bond donors (Lipinski definition) is 1. The van der Waals surface area contributed by atoms with Crippen molar-refractivity contribution in [3.8, 4) is 17.6 Å². The molecule has 1 N–H and O–H groups in total. The SMILES string of the molecule is CCOc1ccc(/C=C/C(=O)NC2(C#N)CCCCC2)cc1OC. The first-order valence-corrected chi connectivity index (χ1v) is 8.35. The maximum atomic E-state index is 12.2. The summed E-state index contributed by atoms with van der Waals surface area (Å²) >= 11 is 0. The summed E-state index contributed by atoms with van der Waals surface area (Å²) in [6, 6.07) is 7.78. The van der Waals surface area contributed by atoms with E-state index >= 15 is 0 Å². The topological polar surface area (TPSA) is 71.3 Å². The molecule has 0 radical (unpaired) electrons. The molecule has 1 aromatic carbocycles. The quantitative estimate of drug-likeness (QED) is 0.812. The second-order valence-corrected chi connectivity index (χ2v) is 5.92. The predicted octanol–water partition coefficient (Wildman–Crippen LogP) is 3.45. The van der Waals surface area contributed by atoms with Gasteiger partial charge in [0.05, 0.1) is 19.8 Å². The fraction of sp³-hybridized carbons (Fsp3) is 0.474. The second-order valence-electron chi connectivity index (χ2n) is 5.92. The number of ether oxygens (including phenoxy) is 2. The molecule has 0 saturated heterocycles. The van der Waals surface area contributed by atoms with E-state index in [1.54, 1.807) is 13.2 Å². The zero-order valence-electron chi connectivity index (χ0n) is 14.3. The molecule has 2 rings (SSSR count). The Balaban J connectivity index is 2.04. The second kappa shape index (κ2) is 8.39. The van der Waals surface area contributed by atoms with E-state index in [4.69, 9.17) is 9.47 Å². The Morgan fingerprint density at radius 2 is 2.08 bits per heavy atom. The number of methoxy groups -OCH3 is 1. The summed E-state index contributed by atoms with van der Waals surface area (Å²) in [5.41, 5.74) is 0.121. The van der Waals surface area contributed by atoms with E-state index in [1.807, 2.05) is 25.1 Å². The van der Waals surface area contributed by atoms with Crippen LogP contribution in [0.15, 0.2) is 24.3 Å². The van der Waals surface area contributed by atoms with Crippen LogP contribution < -0.4 is 14.8 Å². The molecule has 5 nitrogen and oxygen atoms in total. The van der Waals surface area contributed by atoms with E-state index in [0.29, 0.717) is 18.1 Å². The molecule has 0 aliphatic heterocycles. The number of nitriles is 1. The minimum absolute atomic E-state index is 0.244. The maximum absolute atomic E-state index is 12.2. The molecule has 1 saturated carbocycles. The summed E-state index contributed by atoms with van der Waals surface area (Å²) in [4.78, 5) is 12.2. The van der Waals surface area contributed by atoms with Crippen molar-refractivity contribution in [2.24, 2.45) is 0 Å². The minimum atomic E-state index is -0.712. The van der Waals surface area contributed by atoms with Crippen molar-refractivity contribution in [3.63, 3.8) is 0 Å². The molecule has 0 aromatic heterocycles. The van der Waals surface area contributed by atoms with Crippen LogP contribution in [0, 0.1) is 11.3 Å². The average Bonchev–Trinajstić information content (AvgIpc) is 2.62. The molecular formula is C19H24N2O3. The average molecular weight is 328 g/mol. The van der Waals surface area contributed by atoms with E-state index in [2.05, 4.69) is 11.4 Å². The van der Waals surface area contributed by atoms with Crippen LogP contribution in [0.25, 0.3) is 6.08 Å². The molecule has 128 valence electrons. The van der Waals surface area contributed by atoms with Crippen LogP contribution in [0.4, 0.5) is 0 Å². The van der Waals surface area contributed by atoms with Crippen LogP contribution in [-0.4, -0.2) is 25.2 Å². The van der Waals surface area contributed by atoms with Gasteiger partial charge in [0, 0.05) is 6.08 Å². The molecule has 1 aliphatic carbocycles. The first-order valence-electron chi connectivity index (χ1n) is 8.35.